The number of esters is 2. The summed E-state index contributed by atoms with van der Waals surface area (Å²) >= 11 is 1.75. The van der Waals surface area contributed by atoms with Crippen molar-refractivity contribution in [3.05, 3.63) is 77.4 Å². The van der Waals surface area contributed by atoms with E-state index in [9.17, 15) is 9.59 Å². The molecule has 0 saturated carbocycles. The van der Waals surface area contributed by atoms with E-state index in [1.165, 1.54) is 7.11 Å². The van der Waals surface area contributed by atoms with Crippen molar-refractivity contribution < 1.29 is 42.7 Å². The van der Waals surface area contributed by atoms with Gasteiger partial charge in [-0.05, 0) is 75.5 Å². The molecule has 1 fully saturated rings. The number of methoxy groups -OCH3 is 1. The van der Waals surface area contributed by atoms with Gasteiger partial charge < -0.3 is 33.2 Å². The van der Waals surface area contributed by atoms with Crippen LogP contribution in [0.4, 0.5) is 0 Å². The summed E-state index contributed by atoms with van der Waals surface area (Å²) in [6.07, 6.45) is 8.44. The molecule has 4 rings (SSSR count). The predicted octanol–water partition coefficient (Wildman–Crippen LogP) is 6.70. The van der Waals surface area contributed by atoms with Crippen molar-refractivity contribution in [2.75, 3.05) is 32.5 Å². The Labute approximate surface area is 270 Å². The highest BCUT2D eigenvalue weighted by Crippen LogP contribution is 2.36. The summed E-state index contributed by atoms with van der Waals surface area (Å²) < 4.78 is 41.7. The van der Waals surface area contributed by atoms with Crippen molar-refractivity contribution >= 4 is 29.8 Å². The maximum absolute atomic E-state index is 13.7. The number of hydrogen-bond donors (Lipinski definition) is 0. The van der Waals surface area contributed by atoms with Gasteiger partial charge >= 0.3 is 11.9 Å². The molecular formula is C35H44O9S. The number of carbonyl (C=O) groups excluding carboxylic acids is 2. The first-order chi connectivity index (χ1) is 21.6. The Kier molecular flexibility index (Phi) is 12.5. The number of rotatable bonds is 10. The van der Waals surface area contributed by atoms with Crippen LogP contribution in [0, 0.1) is 5.92 Å². The second kappa shape index (κ2) is 16.3. The molecule has 244 valence electrons. The van der Waals surface area contributed by atoms with Crippen molar-refractivity contribution in [3.63, 3.8) is 0 Å². The minimum Gasteiger partial charge on any atom is -0.493 e. The van der Waals surface area contributed by atoms with E-state index < -0.39 is 42.1 Å². The average molecular weight is 641 g/mol. The molecule has 0 aromatic heterocycles. The quantitative estimate of drug-likeness (QED) is 0.121. The fourth-order valence-corrected chi connectivity index (χ4v) is 5.49. The zero-order valence-electron chi connectivity index (χ0n) is 26.9. The van der Waals surface area contributed by atoms with Gasteiger partial charge in [-0.2, -0.15) is 11.8 Å². The van der Waals surface area contributed by atoms with Gasteiger partial charge in [0.1, 0.15) is 35.4 Å². The second-order valence-corrected chi connectivity index (χ2v) is 12.5. The minimum absolute atomic E-state index is 0.0544. The van der Waals surface area contributed by atoms with Crippen LogP contribution < -0.4 is 9.47 Å². The van der Waals surface area contributed by atoms with Crippen molar-refractivity contribution in [3.8, 4) is 11.5 Å². The molecule has 45 heavy (non-hydrogen) atoms. The van der Waals surface area contributed by atoms with Crippen LogP contribution in [0.15, 0.2) is 60.7 Å². The van der Waals surface area contributed by atoms with E-state index >= 15 is 0 Å². The van der Waals surface area contributed by atoms with Gasteiger partial charge in [0.05, 0.1) is 18.3 Å². The molecule has 3 unspecified atom stereocenters. The van der Waals surface area contributed by atoms with Gasteiger partial charge in [-0.3, -0.25) is 0 Å². The summed E-state index contributed by atoms with van der Waals surface area (Å²) in [4.78, 5) is 26.8. The van der Waals surface area contributed by atoms with Crippen LogP contribution in [0.5, 0.6) is 11.5 Å². The van der Waals surface area contributed by atoms with Crippen LogP contribution in [0.1, 0.15) is 66.8 Å². The minimum atomic E-state index is -0.906. The fourth-order valence-electron chi connectivity index (χ4n) is 5.08. The standard InChI is InChI=1S/C35H44O9S/c1-23-16-17-28(42-33(36)25-12-8-7-9-13-25)32-29(43-35(3,4)44-32)15-10-14-26-20-27(39-18-11-19-45-6)21-30(40-22-38-5)31(26)34(37)41-24(23)2/h7-10,12-14,16-17,20-21,23-24,28-29,32H,11,15,18-19,22H2,1-6H3/b14-10+,17-16-/t23-,24+,28?,29?,32?/m1/s1. The monoisotopic (exact) mass is 640 g/mol. The van der Waals surface area contributed by atoms with E-state index in [1.54, 1.807) is 48.2 Å². The van der Waals surface area contributed by atoms with Crippen LogP contribution in [0.25, 0.3) is 6.08 Å². The third kappa shape index (κ3) is 9.59. The van der Waals surface area contributed by atoms with Crippen molar-refractivity contribution in [2.24, 2.45) is 5.92 Å². The molecule has 9 nitrogen and oxygen atoms in total. The molecule has 10 heteroatoms. The van der Waals surface area contributed by atoms with E-state index in [4.69, 9.17) is 33.2 Å². The maximum atomic E-state index is 13.7. The first kappa shape index (κ1) is 34.6. The predicted molar refractivity (Wildman–Crippen MR) is 174 cm³/mol. The van der Waals surface area contributed by atoms with Gasteiger partial charge in [-0.15, -0.1) is 0 Å². The van der Waals surface area contributed by atoms with Gasteiger partial charge in [0.15, 0.2) is 12.6 Å². The Morgan fingerprint density at radius 2 is 1.84 bits per heavy atom. The third-order valence-corrected chi connectivity index (χ3v) is 8.20. The SMILES string of the molecule is COCOc1cc(OCCCSC)cc2c1C(=O)O[C@@H](C)[C@H](C)/C=C\C(OC(=O)c1ccccc1)C1OC(C)(C)OC1C/C=C/2. The number of thioether (sulfide) groups is 1. The second-order valence-electron chi connectivity index (χ2n) is 11.5. The summed E-state index contributed by atoms with van der Waals surface area (Å²) in [5.41, 5.74) is 1.28. The Bertz CT molecular complexity index is 1340. The first-order valence-electron chi connectivity index (χ1n) is 15.2. The lowest BCUT2D eigenvalue weighted by Crippen LogP contribution is -2.37. The molecule has 1 saturated heterocycles. The summed E-state index contributed by atoms with van der Waals surface area (Å²) in [5.74, 6) is -0.302. The summed E-state index contributed by atoms with van der Waals surface area (Å²) in [5, 5.41) is 0. The van der Waals surface area contributed by atoms with E-state index in [-0.39, 0.29) is 18.3 Å². The Morgan fingerprint density at radius 1 is 1.07 bits per heavy atom. The van der Waals surface area contributed by atoms with Crippen LogP contribution in [-0.2, 0) is 23.7 Å². The lowest BCUT2D eigenvalue weighted by atomic mass is 9.98. The number of carbonyl (C=O) groups is 2. The first-order valence-corrected chi connectivity index (χ1v) is 16.6. The zero-order chi connectivity index (χ0) is 32.4. The van der Waals surface area contributed by atoms with Crippen LogP contribution in [0.2, 0.25) is 0 Å². The molecule has 2 heterocycles. The number of fused-ring (bicyclic) bond motifs is 2. The van der Waals surface area contributed by atoms with E-state index in [0.29, 0.717) is 35.7 Å². The third-order valence-electron chi connectivity index (χ3n) is 7.51. The molecule has 2 aromatic rings. The molecule has 0 radical (unpaired) electrons. The maximum Gasteiger partial charge on any atom is 0.342 e. The highest BCUT2D eigenvalue weighted by molar-refractivity contribution is 7.98. The van der Waals surface area contributed by atoms with Crippen molar-refractivity contribution in [1.29, 1.82) is 0 Å². The molecule has 0 spiro atoms. The molecule has 2 aliphatic rings. The van der Waals surface area contributed by atoms with E-state index in [0.717, 1.165) is 12.2 Å². The van der Waals surface area contributed by atoms with Crippen LogP contribution >= 0.6 is 11.8 Å². The lowest BCUT2D eigenvalue weighted by molar-refractivity contribution is -0.152. The zero-order valence-corrected chi connectivity index (χ0v) is 27.7. The van der Waals surface area contributed by atoms with E-state index in [1.807, 2.05) is 58.1 Å². The number of benzene rings is 2. The Hall–Kier alpha value is -3.31. The van der Waals surface area contributed by atoms with Gasteiger partial charge in [0.25, 0.3) is 0 Å². The van der Waals surface area contributed by atoms with Crippen molar-refractivity contribution in [1.82, 2.24) is 0 Å². The summed E-state index contributed by atoms with van der Waals surface area (Å²) in [7, 11) is 1.52. The van der Waals surface area contributed by atoms with Gasteiger partial charge in [-0.25, -0.2) is 9.59 Å². The van der Waals surface area contributed by atoms with Gasteiger partial charge in [0, 0.05) is 19.1 Å². The smallest absolute Gasteiger partial charge is 0.342 e. The Balaban J connectivity index is 1.72. The number of hydrogen-bond acceptors (Lipinski definition) is 10. The van der Waals surface area contributed by atoms with Gasteiger partial charge in [0.2, 0.25) is 0 Å². The molecule has 0 amide bonds. The molecule has 5 atom stereocenters. The molecule has 0 aliphatic carbocycles. The number of ether oxygens (including phenoxy) is 7. The average Bonchev–Trinajstić information content (AvgIpc) is 3.33. The molecule has 0 bridgehead atoms. The highest BCUT2D eigenvalue weighted by atomic mass is 32.2. The highest BCUT2D eigenvalue weighted by Gasteiger charge is 2.45. The summed E-state index contributed by atoms with van der Waals surface area (Å²) in [6, 6.07) is 12.3. The Morgan fingerprint density at radius 3 is 2.58 bits per heavy atom. The normalized spacial score (nSPS) is 26.0. The molecular weight excluding hydrogens is 596 g/mol. The fraction of sp³-hybridized carbons (Fsp3) is 0.486. The van der Waals surface area contributed by atoms with Gasteiger partial charge in [-0.1, -0.05) is 43.4 Å². The molecule has 2 aliphatic heterocycles. The van der Waals surface area contributed by atoms with Crippen LogP contribution in [-0.4, -0.2) is 74.7 Å². The molecule has 0 N–H and O–H groups in total. The molecule has 2 aromatic carbocycles. The summed E-state index contributed by atoms with van der Waals surface area (Å²) in [6.45, 7) is 7.89. The van der Waals surface area contributed by atoms with E-state index in [2.05, 4.69) is 6.26 Å². The van der Waals surface area contributed by atoms with Crippen molar-refractivity contribution in [2.45, 2.75) is 70.7 Å². The lowest BCUT2D eigenvalue weighted by Gasteiger charge is -2.25. The topological polar surface area (TPSA) is 98.8 Å². The van der Waals surface area contributed by atoms with Crippen LogP contribution in [0.3, 0.4) is 0 Å². The largest absolute Gasteiger partial charge is 0.493 e. The number of cyclic esters (lactones) is 1.